The molecule has 0 saturated carbocycles. The summed E-state index contributed by atoms with van der Waals surface area (Å²) in [5, 5.41) is 12.3. The molecule has 0 atom stereocenters. The Balaban J connectivity index is 1.96. The number of rotatable bonds is 4. The second-order valence-electron chi connectivity index (χ2n) is 4.83. The van der Waals surface area contributed by atoms with Gasteiger partial charge in [-0.2, -0.15) is 4.40 Å². The first-order chi connectivity index (χ1) is 10.7. The molecule has 22 heavy (non-hydrogen) atoms. The van der Waals surface area contributed by atoms with Crippen molar-refractivity contribution in [1.29, 1.82) is 0 Å². The average molecular weight is 297 g/mol. The Morgan fingerprint density at radius 3 is 2.86 bits per heavy atom. The zero-order valence-electron chi connectivity index (χ0n) is 12.1. The van der Waals surface area contributed by atoms with Crippen molar-refractivity contribution >= 4 is 11.6 Å². The van der Waals surface area contributed by atoms with Crippen LogP contribution in [0.4, 0.5) is 0 Å². The molecule has 0 aliphatic carbocycles. The Morgan fingerprint density at radius 1 is 1.36 bits per heavy atom. The van der Waals surface area contributed by atoms with E-state index in [0.29, 0.717) is 12.2 Å². The van der Waals surface area contributed by atoms with E-state index in [1.165, 1.54) is 10.6 Å². The van der Waals surface area contributed by atoms with Gasteiger partial charge in [-0.1, -0.05) is 30.3 Å². The van der Waals surface area contributed by atoms with Gasteiger partial charge in [0.15, 0.2) is 6.20 Å². The molecule has 2 aromatic heterocycles. The van der Waals surface area contributed by atoms with E-state index in [1.54, 1.807) is 19.4 Å². The zero-order valence-corrected chi connectivity index (χ0v) is 12.1. The van der Waals surface area contributed by atoms with Crippen LogP contribution in [0.2, 0.25) is 0 Å². The molecular weight excluding hydrogens is 282 g/mol. The molecule has 0 fully saturated rings. The smallest absolute Gasteiger partial charge is 0.342 e. The van der Waals surface area contributed by atoms with Gasteiger partial charge in [0.25, 0.3) is 5.65 Å². The summed E-state index contributed by atoms with van der Waals surface area (Å²) in [4.78, 5) is 15.9. The van der Waals surface area contributed by atoms with Gasteiger partial charge in [0.1, 0.15) is 12.1 Å². The van der Waals surface area contributed by atoms with Crippen LogP contribution in [-0.4, -0.2) is 22.0 Å². The summed E-state index contributed by atoms with van der Waals surface area (Å²) in [6.45, 7) is 2.53. The highest BCUT2D eigenvalue weighted by Crippen LogP contribution is 2.15. The topological polar surface area (TPSA) is 70.5 Å². The molecule has 1 aromatic carbocycles. The molecule has 0 N–H and O–H groups in total. The Bertz CT molecular complexity index is 812. The average Bonchev–Trinajstić information content (AvgIpc) is 2.92. The van der Waals surface area contributed by atoms with E-state index in [-0.39, 0.29) is 12.2 Å². The van der Waals surface area contributed by atoms with Crippen molar-refractivity contribution in [2.24, 2.45) is 0 Å². The summed E-state index contributed by atoms with van der Waals surface area (Å²) in [5.41, 5.74) is 1.55. The van der Waals surface area contributed by atoms with E-state index >= 15 is 0 Å². The molecule has 0 spiro atoms. The highest BCUT2D eigenvalue weighted by atomic mass is 16.5. The van der Waals surface area contributed by atoms with Crippen LogP contribution in [0, 0.1) is 0 Å². The summed E-state index contributed by atoms with van der Waals surface area (Å²) in [6.07, 6.45) is 4.67. The van der Waals surface area contributed by atoms with E-state index in [0.717, 1.165) is 5.56 Å². The Hall–Kier alpha value is -2.89. The molecule has 3 aromatic rings. The van der Waals surface area contributed by atoms with Crippen LogP contribution in [0.15, 0.2) is 49.1 Å². The highest BCUT2D eigenvalue weighted by molar-refractivity contribution is 5.91. The molecule has 0 saturated heterocycles. The van der Waals surface area contributed by atoms with Gasteiger partial charge in [-0.25, -0.2) is 14.3 Å². The molecule has 0 aliphatic rings. The lowest BCUT2D eigenvalue weighted by atomic mass is 10.2. The molecular formula is C16H15N3O3. The molecule has 3 rings (SSSR count). The highest BCUT2D eigenvalue weighted by Gasteiger charge is 2.16. The van der Waals surface area contributed by atoms with Crippen molar-refractivity contribution in [3.05, 3.63) is 60.2 Å². The van der Waals surface area contributed by atoms with Crippen molar-refractivity contribution in [3.63, 3.8) is 0 Å². The van der Waals surface area contributed by atoms with Crippen LogP contribution in [0.3, 0.4) is 0 Å². The summed E-state index contributed by atoms with van der Waals surface area (Å²) < 4.78 is 8.07. The van der Waals surface area contributed by atoms with E-state index in [1.807, 2.05) is 34.9 Å². The minimum absolute atomic E-state index is 0.0585. The number of fused-ring (bicyclic) bond motifs is 1. The van der Waals surface area contributed by atoms with Crippen molar-refractivity contribution in [3.8, 4) is 5.88 Å². The number of hydrogen-bond acceptors (Lipinski definition) is 4. The number of ether oxygens (including phenoxy) is 1. The largest absolute Gasteiger partial charge is 0.841 e. The van der Waals surface area contributed by atoms with Crippen LogP contribution >= 0.6 is 0 Å². The lowest BCUT2D eigenvalue weighted by molar-refractivity contribution is -0.687. The molecule has 0 amide bonds. The minimum Gasteiger partial charge on any atom is -0.841 e. The summed E-state index contributed by atoms with van der Waals surface area (Å²) in [7, 11) is 0. The molecule has 0 aliphatic heterocycles. The number of hydrogen-bond donors (Lipinski definition) is 0. The van der Waals surface area contributed by atoms with Crippen molar-refractivity contribution < 1.29 is 19.2 Å². The maximum atomic E-state index is 12.3. The van der Waals surface area contributed by atoms with Gasteiger partial charge in [0.05, 0.1) is 12.5 Å². The fourth-order valence-electron chi connectivity index (χ4n) is 2.25. The predicted octanol–water partition coefficient (Wildman–Crippen LogP) is 0.920. The number of aromatic nitrogens is 3. The maximum absolute atomic E-state index is 12.3. The Labute approximate surface area is 127 Å². The third kappa shape index (κ3) is 2.63. The van der Waals surface area contributed by atoms with Crippen LogP contribution in [0.1, 0.15) is 22.8 Å². The molecule has 2 heterocycles. The number of benzene rings is 1. The first-order valence-corrected chi connectivity index (χ1v) is 6.97. The van der Waals surface area contributed by atoms with Crippen molar-refractivity contribution in [1.82, 2.24) is 9.38 Å². The Morgan fingerprint density at radius 2 is 2.14 bits per heavy atom. The fourth-order valence-corrected chi connectivity index (χ4v) is 2.25. The number of esters is 1. The predicted molar refractivity (Wildman–Crippen MR) is 76.3 cm³/mol. The lowest BCUT2D eigenvalue weighted by Gasteiger charge is -2.08. The van der Waals surface area contributed by atoms with Gasteiger partial charge in [-0.3, -0.25) is 0 Å². The molecule has 0 radical (unpaired) electrons. The van der Waals surface area contributed by atoms with E-state index in [4.69, 9.17) is 4.74 Å². The first kappa shape index (κ1) is 14.1. The van der Waals surface area contributed by atoms with Gasteiger partial charge < -0.3 is 9.84 Å². The quantitative estimate of drug-likeness (QED) is 0.530. The molecule has 6 nitrogen and oxygen atoms in total. The second kappa shape index (κ2) is 5.85. The summed E-state index contributed by atoms with van der Waals surface area (Å²) in [6, 6.07) is 9.88. The normalized spacial score (nSPS) is 10.8. The van der Waals surface area contributed by atoms with Gasteiger partial charge in [-0.15, -0.1) is 0 Å². The van der Waals surface area contributed by atoms with Crippen LogP contribution in [-0.2, 0) is 11.3 Å². The minimum atomic E-state index is -0.648. The summed E-state index contributed by atoms with van der Waals surface area (Å²) >= 11 is 0. The number of nitrogens with zero attached hydrogens (tertiary/aromatic N) is 3. The van der Waals surface area contributed by atoms with Crippen LogP contribution < -0.4 is 9.67 Å². The van der Waals surface area contributed by atoms with E-state index < -0.39 is 11.8 Å². The Kier molecular flexibility index (Phi) is 3.74. The van der Waals surface area contributed by atoms with Gasteiger partial charge in [-0.05, 0) is 12.5 Å². The van der Waals surface area contributed by atoms with Gasteiger partial charge >= 0.3 is 5.97 Å². The SMILES string of the molecule is CCOC(=O)c1cnc2c[n+](Cc3ccccc3)cn2c1[O-]. The molecule has 112 valence electrons. The standard InChI is InChI=1S/C16H15N3O3/c1-2-22-16(21)13-8-17-14-10-18(11-19(14)15(13)20)9-12-6-4-3-5-7-12/h3-8,10-11H,2,9H2,1H3. The zero-order chi connectivity index (χ0) is 15.5. The monoisotopic (exact) mass is 297 g/mol. The molecule has 0 bridgehead atoms. The van der Waals surface area contributed by atoms with Crippen molar-refractivity contribution in [2.45, 2.75) is 13.5 Å². The first-order valence-electron chi connectivity index (χ1n) is 6.97. The van der Waals surface area contributed by atoms with Crippen LogP contribution in [0.5, 0.6) is 5.88 Å². The number of carbonyl (C=O) groups is 1. The second-order valence-corrected chi connectivity index (χ2v) is 4.83. The van der Waals surface area contributed by atoms with E-state index in [9.17, 15) is 9.90 Å². The fraction of sp³-hybridized carbons (Fsp3) is 0.188. The van der Waals surface area contributed by atoms with Crippen molar-refractivity contribution in [2.75, 3.05) is 6.61 Å². The third-order valence-corrected chi connectivity index (χ3v) is 3.27. The van der Waals surface area contributed by atoms with Gasteiger partial charge in [0.2, 0.25) is 6.33 Å². The lowest BCUT2D eigenvalue weighted by Crippen LogP contribution is -2.31. The number of carbonyl (C=O) groups excluding carboxylic acids is 1. The van der Waals surface area contributed by atoms with Crippen LogP contribution in [0.25, 0.3) is 5.65 Å². The maximum Gasteiger partial charge on any atom is 0.342 e. The summed E-state index contributed by atoms with van der Waals surface area (Å²) in [5.74, 6) is -1.07. The third-order valence-electron chi connectivity index (χ3n) is 3.27. The number of imidazole rings is 1. The molecule has 6 heteroatoms. The van der Waals surface area contributed by atoms with Gasteiger partial charge in [0, 0.05) is 6.20 Å². The molecule has 0 unspecified atom stereocenters. The van der Waals surface area contributed by atoms with E-state index in [2.05, 4.69) is 4.98 Å².